The number of hydrogen-bond acceptors (Lipinski definition) is 2. The molecule has 12 heavy (non-hydrogen) atoms. The SMILES string of the molecule is C[SiH](C)ONCCCC(C)(C)C. The topological polar surface area (TPSA) is 21.3 Å². The Labute approximate surface area is 78.4 Å². The van der Waals surface area contributed by atoms with Crippen LogP contribution < -0.4 is 5.48 Å². The van der Waals surface area contributed by atoms with E-state index in [9.17, 15) is 0 Å². The summed E-state index contributed by atoms with van der Waals surface area (Å²) in [6, 6.07) is 0. The first-order valence-corrected chi connectivity index (χ1v) is 7.58. The Morgan fingerprint density at radius 1 is 1.25 bits per heavy atom. The van der Waals surface area contributed by atoms with E-state index in [4.69, 9.17) is 4.53 Å². The second-order valence-electron chi connectivity index (χ2n) is 4.73. The van der Waals surface area contributed by atoms with Gasteiger partial charge in [-0.15, -0.1) is 0 Å². The second-order valence-corrected chi connectivity index (χ2v) is 7.06. The third-order valence-electron chi connectivity index (χ3n) is 1.52. The molecular formula is C9H23NOSi. The van der Waals surface area contributed by atoms with E-state index in [0.717, 1.165) is 6.54 Å². The van der Waals surface area contributed by atoms with E-state index in [0.29, 0.717) is 5.41 Å². The summed E-state index contributed by atoms with van der Waals surface area (Å²) in [5.74, 6) is 0. The monoisotopic (exact) mass is 189 g/mol. The number of hydroxylamine groups is 1. The quantitative estimate of drug-likeness (QED) is 0.407. The highest BCUT2D eigenvalue weighted by molar-refractivity contribution is 6.48. The average Bonchev–Trinajstić information content (AvgIpc) is 1.83. The maximum atomic E-state index is 5.35. The molecule has 0 aliphatic rings. The van der Waals surface area contributed by atoms with Gasteiger partial charge in [0.25, 0.3) is 0 Å². The molecule has 1 N–H and O–H groups in total. The Kier molecular flexibility index (Phi) is 5.79. The maximum Gasteiger partial charge on any atom is 0.199 e. The van der Waals surface area contributed by atoms with Crippen LogP contribution in [0.5, 0.6) is 0 Å². The molecule has 2 nitrogen and oxygen atoms in total. The lowest BCUT2D eigenvalue weighted by molar-refractivity contribution is 0.190. The minimum Gasteiger partial charge on any atom is -0.350 e. The van der Waals surface area contributed by atoms with Crippen molar-refractivity contribution in [3.63, 3.8) is 0 Å². The van der Waals surface area contributed by atoms with E-state index < -0.39 is 9.04 Å². The van der Waals surface area contributed by atoms with Gasteiger partial charge in [0.1, 0.15) is 0 Å². The van der Waals surface area contributed by atoms with Crippen LogP contribution in [0.2, 0.25) is 13.1 Å². The summed E-state index contributed by atoms with van der Waals surface area (Å²) in [5, 5.41) is 0. The molecular weight excluding hydrogens is 166 g/mol. The predicted molar refractivity (Wildman–Crippen MR) is 56.7 cm³/mol. The number of nitrogens with one attached hydrogen (secondary N) is 1. The van der Waals surface area contributed by atoms with E-state index in [1.165, 1.54) is 12.8 Å². The van der Waals surface area contributed by atoms with Gasteiger partial charge in [-0.3, -0.25) is 0 Å². The Morgan fingerprint density at radius 2 is 1.83 bits per heavy atom. The summed E-state index contributed by atoms with van der Waals surface area (Å²) in [4.78, 5) is 0. The van der Waals surface area contributed by atoms with Crippen LogP contribution in [-0.2, 0) is 4.53 Å². The van der Waals surface area contributed by atoms with Crippen molar-refractivity contribution in [1.82, 2.24) is 5.48 Å². The summed E-state index contributed by atoms with van der Waals surface area (Å²) in [7, 11) is -0.866. The molecule has 0 aromatic rings. The van der Waals surface area contributed by atoms with Crippen LogP contribution in [0.1, 0.15) is 33.6 Å². The molecule has 0 amide bonds. The minimum absolute atomic E-state index is 0.455. The first-order chi connectivity index (χ1) is 5.42. The van der Waals surface area contributed by atoms with Crippen LogP contribution >= 0.6 is 0 Å². The molecule has 0 unspecified atom stereocenters. The Balaban J connectivity index is 3.12. The van der Waals surface area contributed by atoms with Crippen molar-refractivity contribution in [1.29, 1.82) is 0 Å². The molecule has 0 aliphatic carbocycles. The molecule has 0 bridgehead atoms. The molecule has 0 heterocycles. The van der Waals surface area contributed by atoms with E-state index >= 15 is 0 Å². The third-order valence-corrected chi connectivity index (χ3v) is 2.16. The van der Waals surface area contributed by atoms with Crippen LogP contribution in [-0.4, -0.2) is 15.6 Å². The normalized spacial score (nSPS) is 12.5. The highest BCUT2D eigenvalue weighted by Crippen LogP contribution is 2.19. The van der Waals surface area contributed by atoms with Gasteiger partial charge < -0.3 is 4.53 Å². The smallest absolute Gasteiger partial charge is 0.199 e. The Hall–Kier alpha value is 0.137. The van der Waals surface area contributed by atoms with Crippen LogP contribution in [0.4, 0.5) is 0 Å². The molecule has 0 aromatic heterocycles. The Morgan fingerprint density at radius 3 is 2.25 bits per heavy atom. The summed E-state index contributed by atoms with van der Waals surface area (Å²) in [6.45, 7) is 12.1. The van der Waals surface area contributed by atoms with Crippen molar-refractivity contribution in [2.75, 3.05) is 6.54 Å². The molecule has 0 rings (SSSR count). The fourth-order valence-electron chi connectivity index (χ4n) is 0.916. The van der Waals surface area contributed by atoms with Gasteiger partial charge >= 0.3 is 0 Å². The standard InChI is InChI=1S/C9H23NOSi/c1-9(2,3)7-6-8-10-11-12(4)5/h10,12H,6-8H2,1-5H3. The zero-order chi connectivity index (χ0) is 9.61. The van der Waals surface area contributed by atoms with Crippen molar-refractivity contribution in [3.8, 4) is 0 Å². The molecule has 0 saturated heterocycles. The summed E-state index contributed by atoms with van der Waals surface area (Å²) >= 11 is 0. The fourth-order valence-corrected chi connectivity index (χ4v) is 1.37. The van der Waals surface area contributed by atoms with E-state index in [-0.39, 0.29) is 0 Å². The highest BCUT2D eigenvalue weighted by atomic mass is 28.3. The van der Waals surface area contributed by atoms with E-state index in [1.807, 2.05) is 0 Å². The van der Waals surface area contributed by atoms with Crippen LogP contribution in [0.15, 0.2) is 0 Å². The summed E-state index contributed by atoms with van der Waals surface area (Å²) in [5.41, 5.74) is 3.47. The molecule has 0 aromatic carbocycles. The zero-order valence-electron chi connectivity index (χ0n) is 9.11. The largest absolute Gasteiger partial charge is 0.350 e. The number of hydrogen-bond donors (Lipinski definition) is 1. The van der Waals surface area contributed by atoms with Gasteiger partial charge in [0, 0.05) is 6.54 Å². The lowest BCUT2D eigenvalue weighted by Gasteiger charge is -2.17. The number of rotatable bonds is 5. The molecule has 0 fully saturated rings. The van der Waals surface area contributed by atoms with Gasteiger partial charge in [-0.25, -0.2) is 5.48 Å². The fraction of sp³-hybridized carbons (Fsp3) is 1.00. The molecule has 0 saturated carbocycles. The van der Waals surface area contributed by atoms with Crippen LogP contribution in [0.25, 0.3) is 0 Å². The Bertz CT molecular complexity index is 110. The third kappa shape index (κ3) is 10.1. The van der Waals surface area contributed by atoms with Crippen molar-refractivity contribution < 1.29 is 4.53 Å². The van der Waals surface area contributed by atoms with Gasteiger partial charge in [-0.1, -0.05) is 20.8 Å². The van der Waals surface area contributed by atoms with Crippen molar-refractivity contribution in [2.45, 2.75) is 46.7 Å². The summed E-state index contributed by atoms with van der Waals surface area (Å²) < 4.78 is 5.35. The van der Waals surface area contributed by atoms with Gasteiger partial charge in [0.15, 0.2) is 9.04 Å². The molecule has 0 spiro atoms. The summed E-state index contributed by atoms with van der Waals surface area (Å²) in [6.07, 6.45) is 2.45. The van der Waals surface area contributed by atoms with Gasteiger partial charge in [0.2, 0.25) is 0 Å². The van der Waals surface area contributed by atoms with Gasteiger partial charge in [0.05, 0.1) is 0 Å². The first-order valence-electron chi connectivity index (χ1n) is 4.80. The molecule has 3 heteroatoms. The van der Waals surface area contributed by atoms with Crippen LogP contribution in [0.3, 0.4) is 0 Å². The van der Waals surface area contributed by atoms with Crippen molar-refractivity contribution >= 4 is 9.04 Å². The van der Waals surface area contributed by atoms with Gasteiger partial charge in [-0.2, -0.15) is 0 Å². The molecule has 0 aliphatic heterocycles. The zero-order valence-corrected chi connectivity index (χ0v) is 10.3. The van der Waals surface area contributed by atoms with Crippen molar-refractivity contribution in [2.24, 2.45) is 5.41 Å². The van der Waals surface area contributed by atoms with Gasteiger partial charge in [-0.05, 0) is 31.4 Å². The lowest BCUT2D eigenvalue weighted by Crippen LogP contribution is -2.24. The molecule has 74 valence electrons. The maximum absolute atomic E-state index is 5.35. The first kappa shape index (κ1) is 12.1. The molecule has 0 atom stereocenters. The predicted octanol–water partition coefficient (Wildman–Crippen LogP) is 2.32. The average molecular weight is 189 g/mol. The second kappa shape index (κ2) is 5.73. The lowest BCUT2D eigenvalue weighted by atomic mass is 9.91. The van der Waals surface area contributed by atoms with E-state index in [2.05, 4.69) is 39.3 Å². The minimum atomic E-state index is -0.866. The van der Waals surface area contributed by atoms with Crippen LogP contribution in [0, 0.1) is 5.41 Å². The van der Waals surface area contributed by atoms with E-state index in [1.54, 1.807) is 0 Å². The highest BCUT2D eigenvalue weighted by Gasteiger charge is 2.08. The molecule has 0 radical (unpaired) electrons. The van der Waals surface area contributed by atoms with Crippen molar-refractivity contribution in [3.05, 3.63) is 0 Å².